The van der Waals surface area contributed by atoms with Gasteiger partial charge in [-0.05, 0) is 56.1 Å². The van der Waals surface area contributed by atoms with E-state index in [0.29, 0.717) is 16.6 Å². The van der Waals surface area contributed by atoms with E-state index in [0.717, 1.165) is 50.0 Å². The Hall–Kier alpha value is -1.91. The topological polar surface area (TPSA) is 45.2 Å². The third-order valence-electron chi connectivity index (χ3n) is 4.64. The molecular formula is C20H24ClN3O. The van der Waals surface area contributed by atoms with E-state index in [9.17, 15) is 4.79 Å². The quantitative estimate of drug-likeness (QED) is 0.879. The Kier molecular flexibility index (Phi) is 6.05. The normalized spacial score (nSPS) is 15.1. The number of aromatic nitrogens is 1. The maximum absolute atomic E-state index is 13.1. The Morgan fingerprint density at radius 1 is 1.20 bits per heavy atom. The molecule has 0 atom stereocenters. The van der Waals surface area contributed by atoms with Gasteiger partial charge in [-0.15, -0.1) is 0 Å². The summed E-state index contributed by atoms with van der Waals surface area (Å²) in [6, 6.07) is 9.84. The molecule has 3 rings (SSSR count). The highest BCUT2D eigenvalue weighted by molar-refractivity contribution is 6.30. The third kappa shape index (κ3) is 4.39. The lowest BCUT2D eigenvalue weighted by Crippen LogP contribution is -2.46. The second-order valence-corrected chi connectivity index (χ2v) is 6.89. The second-order valence-electron chi connectivity index (χ2n) is 6.45. The molecule has 2 heterocycles. The molecule has 1 aromatic heterocycles. The maximum Gasteiger partial charge on any atom is 0.255 e. The summed E-state index contributed by atoms with van der Waals surface area (Å²) in [4.78, 5) is 19.4. The van der Waals surface area contributed by atoms with E-state index >= 15 is 0 Å². The monoisotopic (exact) mass is 357 g/mol. The predicted octanol–water partition coefficient (Wildman–Crippen LogP) is 4.01. The van der Waals surface area contributed by atoms with E-state index in [1.54, 1.807) is 12.4 Å². The Morgan fingerprint density at radius 2 is 1.92 bits per heavy atom. The molecule has 1 N–H and O–H groups in total. The Bertz CT molecular complexity index is 711. The molecule has 1 aliphatic heterocycles. The van der Waals surface area contributed by atoms with Gasteiger partial charge in [0.15, 0.2) is 0 Å². The van der Waals surface area contributed by atoms with Crippen molar-refractivity contribution in [2.75, 3.05) is 19.6 Å². The van der Waals surface area contributed by atoms with Crippen LogP contribution in [0.1, 0.15) is 36.5 Å². The molecule has 0 unspecified atom stereocenters. The van der Waals surface area contributed by atoms with Crippen LogP contribution in [0.5, 0.6) is 0 Å². The first-order valence-corrected chi connectivity index (χ1v) is 9.29. The van der Waals surface area contributed by atoms with Gasteiger partial charge in [-0.3, -0.25) is 9.78 Å². The van der Waals surface area contributed by atoms with Crippen molar-refractivity contribution in [2.45, 2.75) is 32.2 Å². The number of nitrogens with zero attached hydrogens (tertiary/aromatic N) is 2. The van der Waals surface area contributed by atoms with Gasteiger partial charge in [0.1, 0.15) is 0 Å². The number of hydrogen-bond donors (Lipinski definition) is 1. The highest BCUT2D eigenvalue weighted by Gasteiger charge is 2.25. The first kappa shape index (κ1) is 17.9. The van der Waals surface area contributed by atoms with Crippen molar-refractivity contribution in [1.29, 1.82) is 0 Å². The van der Waals surface area contributed by atoms with E-state index < -0.39 is 0 Å². The minimum Gasteiger partial charge on any atom is -0.336 e. The van der Waals surface area contributed by atoms with Crippen LogP contribution in [0.2, 0.25) is 5.02 Å². The molecule has 5 heteroatoms. The number of halogens is 1. The summed E-state index contributed by atoms with van der Waals surface area (Å²) in [6.07, 6.45) is 6.44. The summed E-state index contributed by atoms with van der Waals surface area (Å²) in [6.45, 7) is 4.85. The zero-order chi connectivity index (χ0) is 17.6. The van der Waals surface area contributed by atoms with Crippen LogP contribution in [-0.4, -0.2) is 41.5 Å². The van der Waals surface area contributed by atoms with Crippen LogP contribution in [-0.2, 0) is 0 Å². The van der Waals surface area contributed by atoms with Crippen molar-refractivity contribution in [3.63, 3.8) is 0 Å². The standard InChI is InChI=1S/C20H24ClN3O/c1-2-11-24(19-7-9-22-10-8-19)20(25)17-12-16(13-23-14-17)15-3-5-18(21)6-4-15/h3-6,12-14,19,22H,2,7-11H2,1H3. The molecule has 1 amide bonds. The van der Waals surface area contributed by atoms with Crippen LogP contribution < -0.4 is 5.32 Å². The van der Waals surface area contributed by atoms with Crippen LogP contribution in [0.15, 0.2) is 42.7 Å². The van der Waals surface area contributed by atoms with E-state index in [-0.39, 0.29) is 5.91 Å². The molecule has 4 nitrogen and oxygen atoms in total. The van der Waals surface area contributed by atoms with Crippen LogP contribution >= 0.6 is 11.6 Å². The van der Waals surface area contributed by atoms with Gasteiger partial charge in [-0.2, -0.15) is 0 Å². The molecule has 0 aliphatic carbocycles. The number of amides is 1. The van der Waals surface area contributed by atoms with Crippen molar-refractivity contribution in [3.8, 4) is 11.1 Å². The Labute approximate surface area is 154 Å². The average Bonchev–Trinajstić information content (AvgIpc) is 2.67. The van der Waals surface area contributed by atoms with Gasteiger partial charge in [0.05, 0.1) is 5.56 Å². The van der Waals surface area contributed by atoms with Crippen LogP contribution in [0, 0.1) is 0 Å². The van der Waals surface area contributed by atoms with E-state index in [4.69, 9.17) is 11.6 Å². The molecule has 1 fully saturated rings. The fourth-order valence-electron chi connectivity index (χ4n) is 3.33. The van der Waals surface area contributed by atoms with Gasteiger partial charge in [0.2, 0.25) is 0 Å². The number of carbonyl (C=O) groups is 1. The van der Waals surface area contributed by atoms with Gasteiger partial charge in [0.25, 0.3) is 5.91 Å². The zero-order valence-corrected chi connectivity index (χ0v) is 15.3. The van der Waals surface area contributed by atoms with Crippen LogP contribution in [0.25, 0.3) is 11.1 Å². The molecule has 1 aromatic carbocycles. The van der Waals surface area contributed by atoms with Crippen LogP contribution in [0.3, 0.4) is 0 Å². The van der Waals surface area contributed by atoms with Crippen LogP contribution in [0.4, 0.5) is 0 Å². The minimum absolute atomic E-state index is 0.0806. The molecule has 25 heavy (non-hydrogen) atoms. The largest absolute Gasteiger partial charge is 0.336 e. The Balaban J connectivity index is 1.84. The summed E-state index contributed by atoms with van der Waals surface area (Å²) in [5.74, 6) is 0.0806. The molecule has 0 saturated carbocycles. The first-order chi connectivity index (χ1) is 12.2. The average molecular weight is 358 g/mol. The van der Waals surface area contributed by atoms with E-state index in [1.165, 1.54) is 0 Å². The SMILES string of the molecule is CCCN(C(=O)c1cncc(-c2ccc(Cl)cc2)c1)C1CCNCC1. The predicted molar refractivity (Wildman–Crippen MR) is 102 cm³/mol. The lowest BCUT2D eigenvalue weighted by Gasteiger charge is -2.34. The summed E-state index contributed by atoms with van der Waals surface area (Å²) < 4.78 is 0. The van der Waals surface area contributed by atoms with Gasteiger partial charge in [-0.1, -0.05) is 30.7 Å². The smallest absolute Gasteiger partial charge is 0.255 e. The second kappa shape index (κ2) is 8.45. The Morgan fingerprint density at radius 3 is 2.60 bits per heavy atom. The van der Waals surface area contributed by atoms with E-state index in [2.05, 4.69) is 17.2 Å². The van der Waals surface area contributed by atoms with Crippen molar-refractivity contribution in [3.05, 3.63) is 53.3 Å². The fourth-order valence-corrected chi connectivity index (χ4v) is 3.46. The van der Waals surface area contributed by atoms with Crippen molar-refractivity contribution < 1.29 is 4.79 Å². The highest BCUT2D eigenvalue weighted by atomic mass is 35.5. The molecule has 0 radical (unpaired) electrons. The summed E-state index contributed by atoms with van der Waals surface area (Å²) in [5, 5.41) is 4.06. The molecule has 1 aliphatic rings. The maximum atomic E-state index is 13.1. The number of benzene rings is 1. The molecule has 1 saturated heterocycles. The fraction of sp³-hybridized carbons (Fsp3) is 0.400. The number of piperidine rings is 1. The molecular weight excluding hydrogens is 334 g/mol. The van der Waals surface area contributed by atoms with E-state index in [1.807, 2.05) is 35.2 Å². The summed E-state index contributed by atoms with van der Waals surface area (Å²) in [5.41, 5.74) is 2.60. The number of hydrogen-bond acceptors (Lipinski definition) is 3. The van der Waals surface area contributed by atoms with Crippen molar-refractivity contribution in [1.82, 2.24) is 15.2 Å². The number of nitrogens with one attached hydrogen (secondary N) is 1. The summed E-state index contributed by atoms with van der Waals surface area (Å²) >= 11 is 5.96. The van der Waals surface area contributed by atoms with Gasteiger partial charge in [0, 0.05) is 35.6 Å². The lowest BCUT2D eigenvalue weighted by atomic mass is 10.0. The molecule has 0 bridgehead atoms. The highest BCUT2D eigenvalue weighted by Crippen LogP contribution is 2.23. The number of pyridine rings is 1. The number of rotatable bonds is 5. The van der Waals surface area contributed by atoms with Crippen molar-refractivity contribution in [2.24, 2.45) is 0 Å². The number of carbonyl (C=O) groups excluding carboxylic acids is 1. The van der Waals surface area contributed by atoms with Gasteiger partial charge < -0.3 is 10.2 Å². The lowest BCUT2D eigenvalue weighted by molar-refractivity contribution is 0.0642. The third-order valence-corrected chi connectivity index (χ3v) is 4.89. The molecule has 132 valence electrons. The van der Waals surface area contributed by atoms with Crippen molar-refractivity contribution >= 4 is 17.5 Å². The minimum atomic E-state index is 0.0806. The van der Waals surface area contributed by atoms with Gasteiger partial charge in [-0.25, -0.2) is 0 Å². The summed E-state index contributed by atoms with van der Waals surface area (Å²) in [7, 11) is 0. The van der Waals surface area contributed by atoms with Gasteiger partial charge >= 0.3 is 0 Å². The first-order valence-electron chi connectivity index (χ1n) is 8.91. The molecule has 2 aromatic rings. The molecule has 0 spiro atoms. The zero-order valence-electron chi connectivity index (χ0n) is 14.5.